The van der Waals surface area contributed by atoms with E-state index in [1.165, 1.54) is 55.6 Å². The second-order valence-corrected chi connectivity index (χ2v) is 11.6. The molecule has 0 N–H and O–H groups in total. The van der Waals surface area contributed by atoms with Crippen LogP contribution in [-0.2, 0) is 0 Å². The van der Waals surface area contributed by atoms with Crippen LogP contribution in [0, 0.1) is 13.8 Å². The van der Waals surface area contributed by atoms with Gasteiger partial charge in [0.25, 0.3) is 0 Å². The van der Waals surface area contributed by atoms with Crippen LogP contribution < -0.4 is 4.90 Å². The van der Waals surface area contributed by atoms with Crippen LogP contribution >= 0.6 is 0 Å². The third-order valence-corrected chi connectivity index (χ3v) is 8.41. The maximum Gasteiger partial charge on any atom is 0.0473 e. The van der Waals surface area contributed by atoms with Gasteiger partial charge < -0.3 is 4.90 Å². The predicted molar refractivity (Wildman–Crippen MR) is 192 cm³/mol. The third-order valence-electron chi connectivity index (χ3n) is 8.41. The number of aryl methyl sites for hydroxylation is 2. The highest BCUT2D eigenvalue weighted by atomic mass is 15.1. The Morgan fingerprint density at radius 3 is 1.00 bits per heavy atom. The molecule has 0 atom stereocenters. The number of hydrogen-bond acceptors (Lipinski definition) is 1. The summed E-state index contributed by atoms with van der Waals surface area (Å²) in [6.07, 6.45) is 0. The van der Waals surface area contributed by atoms with E-state index in [2.05, 4.69) is 195 Å². The molecule has 0 saturated carbocycles. The Kier molecular flexibility index (Phi) is 7.83. The van der Waals surface area contributed by atoms with Crippen molar-refractivity contribution in [2.24, 2.45) is 0 Å². The van der Waals surface area contributed by atoms with Crippen molar-refractivity contribution >= 4 is 17.1 Å². The van der Waals surface area contributed by atoms with Crippen LogP contribution in [0.3, 0.4) is 0 Å². The minimum Gasteiger partial charge on any atom is -0.310 e. The van der Waals surface area contributed by atoms with E-state index in [-0.39, 0.29) is 0 Å². The molecule has 0 radical (unpaired) electrons. The van der Waals surface area contributed by atoms with Gasteiger partial charge in [0.05, 0.1) is 0 Å². The van der Waals surface area contributed by atoms with Crippen LogP contribution in [0.5, 0.6) is 0 Å². The number of anilines is 3. The van der Waals surface area contributed by atoms with E-state index in [1.807, 2.05) is 0 Å². The summed E-state index contributed by atoms with van der Waals surface area (Å²) >= 11 is 0. The highest BCUT2D eigenvalue weighted by Gasteiger charge is 2.18. The molecule has 216 valence electrons. The Bertz CT molecular complexity index is 1890. The summed E-state index contributed by atoms with van der Waals surface area (Å²) in [5.41, 5.74) is 15.5. The molecular weight excluding hydrogens is 542 g/mol. The van der Waals surface area contributed by atoms with Gasteiger partial charge in [-0.15, -0.1) is 0 Å². The molecule has 0 heterocycles. The first-order valence-corrected chi connectivity index (χ1v) is 15.5. The first kappa shape index (κ1) is 28.1. The van der Waals surface area contributed by atoms with Crippen LogP contribution in [-0.4, -0.2) is 0 Å². The van der Waals surface area contributed by atoms with Gasteiger partial charge in [0, 0.05) is 17.1 Å². The summed E-state index contributed by atoms with van der Waals surface area (Å²) < 4.78 is 0. The second kappa shape index (κ2) is 12.5. The molecule has 1 heteroatoms. The second-order valence-electron chi connectivity index (χ2n) is 11.6. The summed E-state index contributed by atoms with van der Waals surface area (Å²) in [6, 6.07) is 63.6. The Labute approximate surface area is 266 Å². The maximum atomic E-state index is 2.38. The molecule has 1 nitrogen and oxygen atoms in total. The lowest BCUT2D eigenvalue weighted by Gasteiger charge is -2.27. The first-order chi connectivity index (χ1) is 22.1. The summed E-state index contributed by atoms with van der Waals surface area (Å²) in [5, 5.41) is 0. The van der Waals surface area contributed by atoms with Gasteiger partial charge in [-0.2, -0.15) is 0 Å². The van der Waals surface area contributed by atoms with Crippen molar-refractivity contribution in [3.63, 3.8) is 0 Å². The molecule has 7 aromatic carbocycles. The lowest BCUT2D eigenvalue weighted by molar-refractivity contribution is 1.27. The Morgan fingerprint density at radius 2 is 0.622 bits per heavy atom. The van der Waals surface area contributed by atoms with E-state index >= 15 is 0 Å². The lowest BCUT2D eigenvalue weighted by Crippen LogP contribution is -2.10. The number of benzene rings is 7. The lowest BCUT2D eigenvalue weighted by atomic mass is 9.89. The average molecular weight is 578 g/mol. The molecule has 0 aliphatic rings. The van der Waals surface area contributed by atoms with Crippen molar-refractivity contribution in [3.05, 3.63) is 187 Å². The molecule has 7 rings (SSSR count). The fraction of sp³-hybridized carbons (Fsp3) is 0.0455. The van der Waals surface area contributed by atoms with E-state index in [0.29, 0.717) is 0 Å². The topological polar surface area (TPSA) is 3.24 Å². The largest absolute Gasteiger partial charge is 0.310 e. The van der Waals surface area contributed by atoms with Gasteiger partial charge in [0.2, 0.25) is 0 Å². The predicted octanol–water partition coefficient (Wildman–Crippen LogP) is 12.4. The molecule has 0 aliphatic heterocycles. The summed E-state index contributed by atoms with van der Waals surface area (Å²) in [5.74, 6) is 0. The summed E-state index contributed by atoms with van der Waals surface area (Å²) in [4.78, 5) is 2.38. The number of nitrogens with zero attached hydrogens (tertiary/aromatic N) is 1. The molecule has 0 bridgehead atoms. The van der Waals surface area contributed by atoms with E-state index in [0.717, 1.165) is 17.1 Å². The van der Waals surface area contributed by atoms with Crippen molar-refractivity contribution in [2.75, 3.05) is 4.90 Å². The van der Waals surface area contributed by atoms with Gasteiger partial charge in [-0.3, -0.25) is 0 Å². The van der Waals surface area contributed by atoms with Crippen molar-refractivity contribution < 1.29 is 0 Å². The van der Waals surface area contributed by atoms with Gasteiger partial charge in [-0.1, -0.05) is 145 Å². The van der Waals surface area contributed by atoms with Gasteiger partial charge in [-0.05, 0) is 101 Å². The molecule has 0 unspecified atom stereocenters. The van der Waals surface area contributed by atoms with Gasteiger partial charge in [0.1, 0.15) is 0 Å². The fourth-order valence-electron chi connectivity index (χ4n) is 6.09. The Hall–Kier alpha value is -5.66. The minimum atomic E-state index is 1.11. The van der Waals surface area contributed by atoms with Gasteiger partial charge in [-0.25, -0.2) is 0 Å². The SMILES string of the molecule is Cc1ccc(N(c2ccc(C)cc2)c2cc(-c3ccccc3-c3ccccc3)cc(-c3ccccc3-c3ccccc3)c2)cc1. The molecule has 0 fully saturated rings. The highest BCUT2D eigenvalue weighted by Crippen LogP contribution is 2.43. The normalized spacial score (nSPS) is 10.9. The molecular formula is C44H35N. The molecule has 7 aromatic rings. The number of rotatable bonds is 7. The molecule has 0 amide bonds. The molecule has 0 spiro atoms. The van der Waals surface area contributed by atoms with E-state index in [9.17, 15) is 0 Å². The Morgan fingerprint density at radius 1 is 0.289 bits per heavy atom. The van der Waals surface area contributed by atoms with Crippen LogP contribution in [0.25, 0.3) is 44.5 Å². The van der Waals surface area contributed by atoms with E-state index < -0.39 is 0 Å². The van der Waals surface area contributed by atoms with E-state index in [1.54, 1.807) is 0 Å². The standard InChI is InChI=1S/C44H35N/c1-32-21-25-38(26-22-32)45(39-27-23-33(2)24-28-39)40-30-36(43-19-11-9-17-41(43)34-13-5-3-6-14-34)29-37(31-40)44-20-12-10-18-42(44)35-15-7-4-8-16-35/h3-31H,1-2H3. The monoisotopic (exact) mass is 577 g/mol. The maximum absolute atomic E-state index is 2.38. The van der Waals surface area contributed by atoms with Crippen LogP contribution in [0.2, 0.25) is 0 Å². The third kappa shape index (κ3) is 5.94. The minimum absolute atomic E-state index is 1.11. The quantitative estimate of drug-likeness (QED) is 0.182. The zero-order valence-corrected chi connectivity index (χ0v) is 25.7. The Balaban J connectivity index is 1.51. The van der Waals surface area contributed by atoms with Crippen molar-refractivity contribution in [3.8, 4) is 44.5 Å². The van der Waals surface area contributed by atoms with Gasteiger partial charge >= 0.3 is 0 Å². The van der Waals surface area contributed by atoms with Crippen molar-refractivity contribution in [2.45, 2.75) is 13.8 Å². The zero-order chi connectivity index (χ0) is 30.6. The van der Waals surface area contributed by atoms with Crippen molar-refractivity contribution in [1.82, 2.24) is 0 Å². The number of hydrogen-bond donors (Lipinski definition) is 0. The van der Waals surface area contributed by atoms with Gasteiger partial charge in [0.15, 0.2) is 0 Å². The van der Waals surface area contributed by atoms with E-state index in [4.69, 9.17) is 0 Å². The van der Waals surface area contributed by atoms with Crippen LogP contribution in [0.15, 0.2) is 176 Å². The molecule has 0 aliphatic carbocycles. The molecule has 0 saturated heterocycles. The smallest absolute Gasteiger partial charge is 0.0473 e. The average Bonchev–Trinajstić information content (AvgIpc) is 3.11. The zero-order valence-electron chi connectivity index (χ0n) is 25.7. The van der Waals surface area contributed by atoms with Crippen LogP contribution in [0.4, 0.5) is 17.1 Å². The van der Waals surface area contributed by atoms with Crippen LogP contribution in [0.1, 0.15) is 11.1 Å². The van der Waals surface area contributed by atoms with Crippen molar-refractivity contribution in [1.29, 1.82) is 0 Å². The highest BCUT2D eigenvalue weighted by molar-refractivity contribution is 5.92. The summed E-state index contributed by atoms with van der Waals surface area (Å²) in [6.45, 7) is 4.28. The first-order valence-electron chi connectivity index (χ1n) is 15.5. The molecule has 45 heavy (non-hydrogen) atoms. The fourth-order valence-corrected chi connectivity index (χ4v) is 6.09. The summed E-state index contributed by atoms with van der Waals surface area (Å²) in [7, 11) is 0. The molecule has 0 aromatic heterocycles.